The molecule has 0 heterocycles. The van der Waals surface area contributed by atoms with Crippen LogP contribution in [0.2, 0.25) is 0 Å². The molecule has 0 aliphatic heterocycles. The molecular weight excluding hydrogens is 277 g/mol. The molecule has 0 aliphatic carbocycles. The molecule has 3 nitrogen and oxygen atoms in total. The van der Waals surface area contributed by atoms with Gasteiger partial charge in [0.15, 0.2) is 0 Å². The molecule has 1 aromatic rings. The van der Waals surface area contributed by atoms with Crippen molar-refractivity contribution in [3.8, 4) is 5.75 Å². The van der Waals surface area contributed by atoms with Crippen molar-refractivity contribution in [2.24, 2.45) is 0 Å². The van der Waals surface area contributed by atoms with Gasteiger partial charge in [0.25, 0.3) is 5.91 Å². The van der Waals surface area contributed by atoms with Crippen LogP contribution in [-0.4, -0.2) is 22.9 Å². The van der Waals surface area contributed by atoms with Crippen molar-refractivity contribution < 1.29 is 14.3 Å². The van der Waals surface area contributed by atoms with Crippen molar-refractivity contribution in [1.82, 2.24) is 5.32 Å². The molecule has 0 spiro atoms. The first-order chi connectivity index (χ1) is 7.65. The highest BCUT2D eigenvalue weighted by Gasteiger charge is 2.10. The van der Waals surface area contributed by atoms with Crippen LogP contribution in [0.5, 0.6) is 5.75 Å². The third kappa shape index (κ3) is 3.81. The monoisotopic (exact) mass is 289 g/mol. The van der Waals surface area contributed by atoms with Crippen LogP contribution in [0.15, 0.2) is 18.2 Å². The Balaban J connectivity index is 2.53. The van der Waals surface area contributed by atoms with Gasteiger partial charge in [-0.2, -0.15) is 0 Å². The molecule has 88 valence electrons. The number of hydrogen-bond donors (Lipinski definition) is 2. The van der Waals surface area contributed by atoms with Gasteiger partial charge < -0.3 is 10.4 Å². The summed E-state index contributed by atoms with van der Waals surface area (Å²) in [5.74, 6) is -1.28. The van der Waals surface area contributed by atoms with Crippen molar-refractivity contribution in [2.45, 2.75) is 12.8 Å². The van der Waals surface area contributed by atoms with Crippen LogP contribution in [-0.2, 0) is 0 Å². The lowest BCUT2D eigenvalue weighted by molar-refractivity contribution is 0.0950. The molecule has 0 saturated heterocycles. The fourth-order valence-corrected chi connectivity index (χ4v) is 1.61. The van der Waals surface area contributed by atoms with Crippen LogP contribution in [0.4, 0.5) is 4.39 Å². The number of carbonyl (C=O) groups is 1. The van der Waals surface area contributed by atoms with E-state index in [4.69, 9.17) is 0 Å². The van der Waals surface area contributed by atoms with Crippen LogP contribution in [0, 0.1) is 5.82 Å². The largest absolute Gasteiger partial charge is 0.507 e. The summed E-state index contributed by atoms with van der Waals surface area (Å²) in [5, 5.41) is 12.9. The van der Waals surface area contributed by atoms with E-state index >= 15 is 0 Å². The lowest BCUT2D eigenvalue weighted by Crippen LogP contribution is -2.24. The predicted molar refractivity (Wildman–Crippen MR) is 63.4 cm³/mol. The molecule has 1 amide bonds. The molecule has 0 bridgehead atoms. The topological polar surface area (TPSA) is 49.3 Å². The van der Waals surface area contributed by atoms with Gasteiger partial charge in [0.05, 0.1) is 5.56 Å². The maximum absolute atomic E-state index is 12.7. The summed E-state index contributed by atoms with van der Waals surface area (Å²) < 4.78 is 12.7. The van der Waals surface area contributed by atoms with Crippen LogP contribution in [0.25, 0.3) is 0 Å². The molecule has 0 atom stereocenters. The molecule has 0 aliphatic rings. The quantitative estimate of drug-likeness (QED) is 0.646. The molecule has 5 heteroatoms. The number of benzene rings is 1. The third-order valence-electron chi connectivity index (χ3n) is 2.05. The third-order valence-corrected chi connectivity index (χ3v) is 2.61. The molecule has 0 fully saturated rings. The Morgan fingerprint density at radius 3 is 2.81 bits per heavy atom. The van der Waals surface area contributed by atoms with E-state index in [9.17, 15) is 14.3 Å². The van der Waals surface area contributed by atoms with E-state index in [2.05, 4.69) is 21.2 Å². The predicted octanol–water partition coefficient (Wildman–Crippen LogP) is 2.44. The summed E-state index contributed by atoms with van der Waals surface area (Å²) in [6.07, 6.45) is 1.83. The lowest BCUT2D eigenvalue weighted by atomic mass is 10.2. The Morgan fingerprint density at radius 2 is 2.19 bits per heavy atom. The first-order valence-corrected chi connectivity index (χ1v) is 6.10. The minimum absolute atomic E-state index is 0.0974. The minimum atomic E-state index is -0.562. The van der Waals surface area contributed by atoms with Crippen LogP contribution >= 0.6 is 15.9 Å². The van der Waals surface area contributed by atoms with Crippen LogP contribution < -0.4 is 5.32 Å². The maximum atomic E-state index is 12.7. The van der Waals surface area contributed by atoms with Gasteiger partial charge in [-0.15, -0.1) is 0 Å². The van der Waals surface area contributed by atoms with Crippen molar-refractivity contribution in [3.05, 3.63) is 29.6 Å². The Bertz CT molecular complexity index is 371. The number of rotatable bonds is 5. The number of alkyl halides is 1. The van der Waals surface area contributed by atoms with E-state index in [1.165, 1.54) is 6.07 Å². The summed E-state index contributed by atoms with van der Waals surface area (Å²) in [6.45, 7) is 0.543. The SMILES string of the molecule is O=C(NCCCCBr)c1ccc(F)cc1O. The summed E-state index contributed by atoms with van der Waals surface area (Å²) in [4.78, 5) is 11.5. The summed E-state index contributed by atoms with van der Waals surface area (Å²) in [7, 11) is 0. The first kappa shape index (κ1) is 13.0. The van der Waals surface area contributed by atoms with Gasteiger partial charge >= 0.3 is 0 Å². The Kier molecular flexibility index (Phi) is 5.25. The van der Waals surface area contributed by atoms with Crippen LogP contribution in [0.1, 0.15) is 23.2 Å². The fraction of sp³-hybridized carbons (Fsp3) is 0.364. The minimum Gasteiger partial charge on any atom is -0.507 e. The average molecular weight is 290 g/mol. The van der Waals surface area contributed by atoms with Crippen molar-refractivity contribution in [2.75, 3.05) is 11.9 Å². The van der Waals surface area contributed by atoms with Crippen molar-refractivity contribution in [3.63, 3.8) is 0 Å². The number of nitrogens with one attached hydrogen (secondary N) is 1. The Morgan fingerprint density at radius 1 is 1.44 bits per heavy atom. The second-order valence-electron chi connectivity index (χ2n) is 3.31. The van der Waals surface area contributed by atoms with Gasteiger partial charge in [-0.3, -0.25) is 4.79 Å². The highest BCUT2D eigenvalue weighted by atomic mass is 79.9. The number of phenolic OH excluding ortho intramolecular Hbond substituents is 1. The molecule has 2 N–H and O–H groups in total. The zero-order valence-corrected chi connectivity index (χ0v) is 10.3. The lowest BCUT2D eigenvalue weighted by Gasteiger charge is -2.06. The van der Waals surface area contributed by atoms with Crippen molar-refractivity contribution in [1.29, 1.82) is 0 Å². The van der Waals surface area contributed by atoms with Gasteiger partial charge in [-0.05, 0) is 25.0 Å². The number of phenols is 1. The highest BCUT2D eigenvalue weighted by molar-refractivity contribution is 9.09. The molecule has 1 rings (SSSR count). The summed E-state index contributed by atoms with van der Waals surface area (Å²) in [6, 6.07) is 3.34. The summed E-state index contributed by atoms with van der Waals surface area (Å²) >= 11 is 3.29. The number of amides is 1. The van der Waals surface area contributed by atoms with Gasteiger partial charge in [-0.25, -0.2) is 4.39 Å². The van der Waals surface area contributed by atoms with Gasteiger partial charge in [0.2, 0.25) is 0 Å². The molecule has 0 radical (unpaired) electrons. The zero-order chi connectivity index (χ0) is 12.0. The normalized spacial score (nSPS) is 10.1. The van der Waals surface area contributed by atoms with E-state index in [1.807, 2.05) is 0 Å². The molecular formula is C11H13BrFNO2. The standard InChI is InChI=1S/C11H13BrFNO2/c12-5-1-2-6-14-11(16)9-4-3-8(13)7-10(9)15/h3-4,7,15H,1-2,5-6H2,(H,14,16). The molecule has 0 aromatic heterocycles. The number of hydrogen-bond acceptors (Lipinski definition) is 2. The van der Waals surface area contributed by atoms with Gasteiger partial charge in [0, 0.05) is 17.9 Å². The number of unbranched alkanes of at least 4 members (excludes halogenated alkanes) is 1. The molecule has 1 aromatic carbocycles. The fourth-order valence-electron chi connectivity index (χ4n) is 1.21. The van der Waals surface area contributed by atoms with E-state index in [1.54, 1.807) is 0 Å². The van der Waals surface area contributed by atoms with E-state index < -0.39 is 5.82 Å². The highest BCUT2D eigenvalue weighted by Crippen LogP contribution is 2.17. The molecule has 0 unspecified atom stereocenters. The van der Waals surface area contributed by atoms with Gasteiger partial charge in [0.1, 0.15) is 11.6 Å². The average Bonchev–Trinajstić information content (AvgIpc) is 2.24. The molecule has 0 saturated carbocycles. The number of aromatic hydroxyl groups is 1. The molecule has 16 heavy (non-hydrogen) atoms. The number of halogens is 2. The van der Waals surface area contributed by atoms with Crippen LogP contribution in [0.3, 0.4) is 0 Å². The summed E-state index contributed by atoms with van der Waals surface area (Å²) in [5.41, 5.74) is 0.0974. The number of carbonyl (C=O) groups excluding carboxylic acids is 1. The zero-order valence-electron chi connectivity index (χ0n) is 8.67. The second-order valence-corrected chi connectivity index (χ2v) is 4.11. The second kappa shape index (κ2) is 6.48. The Labute approximate surface area is 102 Å². The first-order valence-electron chi connectivity index (χ1n) is 4.98. The van der Waals surface area contributed by atoms with Crippen molar-refractivity contribution >= 4 is 21.8 Å². The van der Waals surface area contributed by atoms with E-state index in [0.29, 0.717) is 6.54 Å². The maximum Gasteiger partial charge on any atom is 0.255 e. The smallest absolute Gasteiger partial charge is 0.255 e. The van der Waals surface area contributed by atoms with Gasteiger partial charge in [-0.1, -0.05) is 15.9 Å². The van der Waals surface area contributed by atoms with E-state index in [-0.39, 0.29) is 17.2 Å². The Hall–Kier alpha value is -1.10. The van der Waals surface area contributed by atoms with E-state index in [0.717, 1.165) is 30.3 Å².